The standard InChI is InChI=1S/C12H20O4.2Li.2H/c1-7(2)5-8-3-4-9(11(13)14)10(6-8)12(15)16;;;;/h7-10H,3-6H2,1-2H3,(H,13,14)(H,15,16);;;;. The van der Waals surface area contributed by atoms with Crippen molar-refractivity contribution in [1.82, 2.24) is 0 Å². The number of carboxylic acids is 2. The van der Waals surface area contributed by atoms with Gasteiger partial charge in [0, 0.05) is 0 Å². The second kappa shape index (κ2) is 9.10. The number of carbonyl (C=O) groups is 2. The van der Waals surface area contributed by atoms with Crippen LogP contribution in [0.25, 0.3) is 0 Å². The molecule has 0 aromatic heterocycles. The summed E-state index contributed by atoms with van der Waals surface area (Å²) in [6, 6.07) is 0. The molecule has 1 aliphatic carbocycles. The van der Waals surface area contributed by atoms with Gasteiger partial charge in [-0.1, -0.05) is 13.8 Å². The van der Waals surface area contributed by atoms with E-state index < -0.39 is 23.8 Å². The van der Waals surface area contributed by atoms with E-state index in [1.807, 2.05) is 0 Å². The molecule has 0 aromatic rings. The third kappa shape index (κ3) is 5.85. The van der Waals surface area contributed by atoms with Crippen LogP contribution < -0.4 is 0 Å². The van der Waals surface area contributed by atoms with Gasteiger partial charge in [-0.3, -0.25) is 9.59 Å². The molecule has 18 heavy (non-hydrogen) atoms. The van der Waals surface area contributed by atoms with Gasteiger partial charge in [0.05, 0.1) is 11.8 Å². The van der Waals surface area contributed by atoms with Gasteiger partial charge < -0.3 is 10.2 Å². The van der Waals surface area contributed by atoms with Crippen LogP contribution in [0.3, 0.4) is 0 Å². The maximum atomic E-state index is 11.0. The zero-order chi connectivity index (χ0) is 12.3. The normalized spacial score (nSPS) is 26.9. The average Bonchev–Trinajstić information content (AvgIpc) is 2.16. The number of carboxylic acid groups (broad SMARTS) is 2. The van der Waals surface area contributed by atoms with E-state index in [9.17, 15) is 9.59 Å². The summed E-state index contributed by atoms with van der Waals surface area (Å²) in [6.07, 6.45) is 2.86. The zero-order valence-corrected chi connectivity index (χ0v) is 9.85. The van der Waals surface area contributed by atoms with Crippen LogP contribution in [0.5, 0.6) is 0 Å². The van der Waals surface area contributed by atoms with Crippen molar-refractivity contribution < 1.29 is 19.8 Å². The summed E-state index contributed by atoms with van der Waals surface area (Å²) >= 11 is 0. The minimum absolute atomic E-state index is 0. The molecule has 0 aromatic carbocycles. The predicted molar refractivity (Wildman–Crippen MR) is 73.3 cm³/mol. The Hall–Kier alpha value is 0.135. The molecule has 0 amide bonds. The van der Waals surface area contributed by atoms with E-state index >= 15 is 0 Å². The van der Waals surface area contributed by atoms with Gasteiger partial charge in [-0.05, 0) is 37.5 Å². The maximum absolute atomic E-state index is 11.0. The molecule has 3 atom stereocenters. The van der Waals surface area contributed by atoms with Gasteiger partial charge in [-0.15, -0.1) is 0 Å². The van der Waals surface area contributed by atoms with Crippen LogP contribution in [0.2, 0.25) is 0 Å². The molecule has 0 heterocycles. The number of hydrogen-bond donors (Lipinski definition) is 2. The van der Waals surface area contributed by atoms with Crippen LogP contribution in [-0.2, 0) is 9.59 Å². The Balaban J connectivity index is 0. The Labute approximate surface area is 132 Å². The number of rotatable bonds is 4. The van der Waals surface area contributed by atoms with Crippen molar-refractivity contribution in [2.45, 2.75) is 39.5 Å². The fraction of sp³-hybridized carbons (Fsp3) is 0.833. The monoisotopic (exact) mass is 244 g/mol. The fourth-order valence-electron chi connectivity index (χ4n) is 2.71. The van der Waals surface area contributed by atoms with Crippen LogP contribution in [0.1, 0.15) is 39.5 Å². The van der Waals surface area contributed by atoms with E-state index in [0.29, 0.717) is 24.7 Å². The molecule has 0 aliphatic heterocycles. The van der Waals surface area contributed by atoms with Gasteiger partial charge in [-0.25, -0.2) is 0 Å². The number of hydrogen-bond acceptors (Lipinski definition) is 2. The first-order chi connectivity index (χ1) is 7.41. The summed E-state index contributed by atoms with van der Waals surface area (Å²) in [4.78, 5) is 22.0. The quantitative estimate of drug-likeness (QED) is 0.721. The Morgan fingerprint density at radius 1 is 1.06 bits per heavy atom. The van der Waals surface area contributed by atoms with E-state index in [-0.39, 0.29) is 37.7 Å². The first-order valence-corrected chi connectivity index (χ1v) is 5.87. The molecule has 1 rings (SSSR count). The van der Waals surface area contributed by atoms with Gasteiger partial charge in [0.2, 0.25) is 0 Å². The Kier molecular flexibility index (Phi) is 10.3. The SMILES string of the molecule is CC(C)CC1CCC(C(=O)O)C(C(=O)O)C1.[LiH].[LiH]. The van der Waals surface area contributed by atoms with Crippen molar-refractivity contribution in [3.8, 4) is 0 Å². The Bertz CT molecular complexity index is 281. The fourth-order valence-corrected chi connectivity index (χ4v) is 2.71. The third-order valence-corrected chi connectivity index (χ3v) is 3.40. The van der Waals surface area contributed by atoms with Crippen molar-refractivity contribution in [2.24, 2.45) is 23.7 Å². The summed E-state index contributed by atoms with van der Waals surface area (Å²) in [5.41, 5.74) is 0. The van der Waals surface area contributed by atoms with Gasteiger partial charge in [-0.2, -0.15) is 0 Å². The van der Waals surface area contributed by atoms with Gasteiger partial charge in [0.1, 0.15) is 0 Å². The second-order valence-electron chi connectivity index (χ2n) is 5.20. The summed E-state index contributed by atoms with van der Waals surface area (Å²) in [5.74, 6) is -2.40. The molecule has 96 valence electrons. The summed E-state index contributed by atoms with van der Waals surface area (Å²) in [6.45, 7) is 4.22. The van der Waals surface area contributed by atoms with Crippen molar-refractivity contribution in [2.75, 3.05) is 0 Å². The number of aliphatic carboxylic acids is 2. The Morgan fingerprint density at radius 2 is 1.56 bits per heavy atom. The van der Waals surface area contributed by atoms with Crippen LogP contribution in [0, 0.1) is 23.7 Å². The molecule has 1 fully saturated rings. The molecule has 6 heteroatoms. The van der Waals surface area contributed by atoms with Crippen molar-refractivity contribution in [1.29, 1.82) is 0 Å². The molecule has 0 spiro atoms. The molecule has 2 N–H and O–H groups in total. The van der Waals surface area contributed by atoms with Crippen LogP contribution in [-0.4, -0.2) is 59.9 Å². The van der Waals surface area contributed by atoms with E-state index in [1.54, 1.807) is 0 Å². The van der Waals surface area contributed by atoms with E-state index in [0.717, 1.165) is 12.8 Å². The van der Waals surface area contributed by atoms with Crippen LogP contribution in [0.15, 0.2) is 0 Å². The first kappa shape index (κ1) is 20.5. The Morgan fingerprint density at radius 3 is 1.94 bits per heavy atom. The molecule has 1 saturated carbocycles. The van der Waals surface area contributed by atoms with Gasteiger partial charge >= 0.3 is 49.7 Å². The van der Waals surface area contributed by atoms with Gasteiger partial charge in [0.15, 0.2) is 0 Å². The molecular formula is C12H22Li2O4. The minimum atomic E-state index is -0.963. The molecule has 4 nitrogen and oxygen atoms in total. The summed E-state index contributed by atoms with van der Waals surface area (Å²) in [7, 11) is 0. The van der Waals surface area contributed by atoms with E-state index in [1.165, 1.54) is 0 Å². The third-order valence-electron chi connectivity index (χ3n) is 3.40. The second-order valence-corrected chi connectivity index (χ2v) is 5.20. The predicted octanol–water partition coefficient (Wildman–Crippen LogP) is 0.937. The van der Waals surface area contributed by atoms with Crippen molar-refractivity contribution >= 4 is 49.7 Å². The molecule has 1 aliphatic rings. The molecule has 3 unspecified atom stereocenters. The molecule has 0 radical (unpaired) electrons. The van der Waals surface area contributed by atoms with E-state index in [2.05, 4.69) is 13.8 Å². The van der Waals surface area contributed by atoms with Crippen LogP contribution >= 0.6 is 0 Å². The molecule has 0 saturated heterocycles. The molecule has 0 bridgehead atoms. The zero-order valence-electron chi connectivity index (χ0n) is 9.85. The average molecular weight is 244 g/mol. The summed E-state index contributed by atoms with van der Waals surface area (Å²) < 4.78 is 0. The van der Waals surface area contributed by atoms with Gasteiger partial charge in [0.25, 0.3) is 0 Å². The van der Waals surface area contributed by atoms with Crippen molar-refractivity contribution in [3.05, 3.63) is 0 Å². The van der Waals surface area contributed by atoms with Crippen LogP contribution in [0.4, 0.5) is 0 Å². The molecular weight excluding hydrogens is 222 g/mol. The van der Waals surface area contributed by atoms with E-state index in [4.69, 9.17) is 10.2 Å². The van der Waals surface area contributed by atoms with Crippen molar-refractivity contribution in [3.63, 3.8) is 0 Å². The summed E-state index contributed by atoms with van der Waals surface area (Å²) in [5, 5.41) is 18.0. The topological polar surface area (TPSA) is 74.6 Å². The first-order valence-electron chi connectivity index (χ1n) is 5.87.